The number of hydrogen-bond donors (Lipinski definition) is 9. The molecular weight excluding hydrogens is 859 g/mol. The summed E-state index contributed by atoms with van der Waals surface area (Å²) in [6.45, 7) is 2.19. The molecule has 1 aliphatic carbocycles. The van der Waals surface area contributed by atoms with E-state index in [1.54, 1.807) is 18.3 Å². The third-order valence-corrected chi connectivity index (χ3v) is 12.5. The highest BCUT2D eigenvalue weighted by atomic mass is 16.8. The molecular formula is C48H54N3O15+. The van der Waals surface area contributed by atoms with E-state index in [0.717, 1.165) is 41.5 Å². The maximum absolute atomic E-state index is 13.9. The number of aryl methyl sites for hydroxylation is 2. The third kappa shape index (κ3) is 9.55. The van der Waals surface area contributed by atoms with Gasteiger partial charge in [-0.15, -0.1) is 0 Å². The van der Waals surface area contributed by atoms with Crippen LogP contribution in [0.4, 0.5) is 0 Å². The van der Waals surface area contributed by atoms with Crippen LogP contribution < -0.4 is 20.5 Å². The van der Waals surface area contributed by atoms with Gasteiger partial charge in [-0.3, -0.25) is 14.4 Å². The lowest BCUT2D eigenvalue weighted by atomic mass is 9.90. The Balaban J connectivity index is 1.12. The Kier molecular flexibility index (Phi) is 13.9. The highest BCUT2D eigenvalue weighted by molar-refractivity contribution is 5.95. The second-order valence-electron chi connectivity index (χ2n) is 17.3. The SMILES string of the molecule is Cc1cc(C)cc(C2=C3N=CC=C3C[NH+]2OC2C(Oc3ccc4c(=O)c(-c5ccc(O)cc5)coc4c3)OC(C(O)(CO)OC(=O)C(C(=O)O)C(CCO)NC3CCCCC3)C(O)C2O)c1. The number of aromatic hydroxyl groups is 1. The average molecular weight is 913 g/mol. The Labute approximate surface area is 378 Å². The van der Waals surface area contributed by atoms with Crippen LogP contribution in [0.3, 0.4) is 0 Å². The number of aliphatic carboxylic acids is 1. The number of esters is 1. The molecule has 2 fully saturated rings. The third-order valence-electron chi connectivity index (χ3n) is 12.5. The van der Waals surface area contributed by atoms with Gasteiger partial charge in [-0.25, -0.2) is 4.99 Å². The maximum atomic E-state index is 13.9. The molecule has 18 nitrogen and oxygen atoms in total. The summed E-state index contributed by atoms with van der Waals surface area (Å²) in [4.78, 5) is 51.4. The highest BCUT2D eigenvalue weighted by Crippen LogP contribution is 2.35. The Morgan fingerprint density at radius 3 is 2.38 bits per heavy atom. The van der Waals surface area contributed by atoms with Crippen LogP contribution in [0.5, 0.6) is 11.5 Å². The first-order valence-electron chi connectivity index (χ1n) is 22.0. The molecule has 4 aromatic rings. The van der Waals surface area contributed by atoms with Crippen molar-refractivity contribution < 1.29 is 73.9 Å². The van der Waals surface area contributed by atoms with Crippen molar-refractivity contribution in [2.45, 2.75) is 101 Å². The number of carbonyl (C=O) groups excluding carboxylic acids is 1. The fraction of sp³-hybridized carbons (Fsp3) is 0.417. The van der Waals surface area contributed by atoms with Gasteiger partial charge in [0.2, 0.25) is 12.4 Å². The summed E-state index contributed by atoms with van der Waals surface area (Å²) in [5, 5.41) is 80.0. The molecule has 9 atom stereocenters. The molecule has 0 bridgehead atoms. The summed E-state index contributed by atoms with van der Waals surface area (Å²) in [6, 6.07) is 14.8. The molecule has 350 valence electrons. The number of rotatable bonds is 16. The zero-order chi connectivity index (χ0) is 46.9. The molecule has 3 aromatic carbocycles. The number of phenols is 1. The van der Waals surface area contributed by atoms with Crippen molar-refractivity contribution in [2.24, 2.45) is 10.9 Å². The van der Waals surface area contributed by atoms with Gasteiger partial charge < -0.3 is 59.7 Å². The summed E-state index contributed by atoms with van der Waals surface area (Å²) in [5.74, 6) is -8.30. The molecule has 0 radical (unpaired) electrons. The largest absolute Gasteiger partial charge is 0.508 e. The number of hydrogen-bond acceptors (Lipinski definition) is 16. The van der Waals surface area contributed by atoms with Gasteiger partial charge in [-0.1, -0.05) is 48.6 Å². The molecule has 9 N–H and O–H groups in total. The fourth-order valence-corrected chi connectivity index (χ4v) is 9.31. The van der Waals surface area contributed by atoms with Crippen molar-refractivity contribution in [1.82, 2.24) is 5.32 Å². The van der Waals surface area contributed by atoms with Crippen LogP contribution in [0, 0.1) is 19.8 Å². The molecule has 8 rings (SSSR count). The number of carbonyl (C=O) groups is 2. The minimum atomic E-state index is -3.18. The summed E-state index contributed by atoms with van der Waals surface area (Å²) >= 11 is 0. The second-order valence-corrected chi connectivity index (χ2v) is 17.3. The van der Waals surface area contributed by atoms with Crippen LogP contribution in [-0.2, 0) is 23.9 Å². The van der Waals surface area contributed by atoms with E-state index in [-0.39, 0.29) is 52.5 Å². The topological polar surface area (TPSA) is 272 Å². The average Bonchev–Trinajstić information content (AvgIpc) is 3.88. The quantitative estimate of drug-likeness (QED) is 0.0441. The Bertz CT molecular complexity index is 2580. The number of quaternary nitrogens is 1. The van der Waals surface area contributed by atoms with Crippen LogP contribution in [0.15, 0.2) is 98.5 Å². The zero-order valence-corrected chi connectivity index (χ0v) is 36.3. The fourth-order valence-electron chi connectivity index (χ4n) is 9.31. The first kappa shape index (κ1) is 46.7. The number of hydroxylamine groups is 2. The summed E-state index contributed by atoms with van der Waals surface area (Å²) in [6.07, 6.45) is -0.969. The predicted octanol–water partition coefficient (Wildman–Crippen LogP) is 1.78. The standard InChI is InChI=1S/C48H53N3O15/c1-25-18-26(2)20-29(19-25)39-38-28(14-16-49-38)22-51(39)66-43-41(56)42(57)44(48(61,24-53)65-46(60)37(45(58)59)35(15-17-52)50-30-6-4-3-5-7-30)64-47(43)63-32-12-13-33-36(21-32)62-23-34(40(33)55)27-8-10-31(54)11-9-27/h8-14,16,18-21,23,30,35,37,41-44,47,50,52-54,56-57,61H,3-7,15,17,22,24H2,1-2H3,(H,58,59)/p+1. The number of carboxylic acids is 1. The number of fused-ring (bicyclic) bond motifs is 2. The zero-order valence-electron chi connectivity index (χ0n) is 36.3. The minimum absolute atomic E-state index is 0.00596. The van der Waals surface area contributed by atoms with Crippen molar-refractivity contribution in [1.29, 1.82) is 0 Å². The summed E-state index contributed by atoms with van der Waals surface area (Å²) in [7, 11) is 0. The van der Waals surface area contributed by atoms with Gasteiger partial charge >= 0.3 is 11.9 Å². The lowest BCUT2D eigenvalue weighted by Crippen LogP contribution is -3.08. The van der Waals surface area contributed by atoms with E-state index in [1.807, 2.05) is 38.1 Å². The monoisotopic (exact) mass is 912 g/mol. The van der Waals surface area contributed by atoms with Crippen LogP contribution in [0.25, 0.3) is 27.8 Å². The number of allylic oxidation sites excluding steroid dienone is 1. The van der Waals surface area contributed by atoms with E-state index in [9.17, 15) is 50.1 Å². The van der Waals surface area contributed by atoms with Crippen molar-refractivity contribution in [3.8, 4) is 22.6 Å². The van der Waals surface area contributed by atoms with Gasteiger partial charge in [0.1, 0.15) is 54.4 Å². The van der Waals surface area contributed by atoms with E-state index in [0.29, 0.717) is 34.9 Å². The molecule has 1 saturated heterocycles. The van der Waals surface area contributed by atoms with Crippen molar-refractivity contribution in [3.63, 3.8) is 0 Å². The number of aliphatic hydroxyl groups excluding tert-OH is 4. The van der Waals surface area contributed by atoms with E-state index < -0.39 is 73.6 Å². The molecule has 66 heavy (non-hydrogen) atoms. The Hall–Kier alpha value is -5.80. The molecule has 4 aliphatic rings. The minimum Gasteiger partial charge on any atom is -0.508 e. The second kappa shape index (κ2) is 19.6. The summed E-state index contributed by atoms with van der Waals surface area (Å²) in [5.41, 5.74) is 5.18. The normalized spacial score (nSPS) is 25.0. The smallest absolute Gasteiger partial charge is 0.324 e. The molecule has 18 heteroatoms. The first-order chi connectivity index (χ1) is 31.7. The number of phenolic OH excluding ortho intramolecular Hbond substituents is 1. The lowest BCUT2D eigenvalue weighted by molar-refractivity contribution is -1.04. The van der Waals surface area contributed by atoms with Gasteiger partial charge in [0.15, 0.2) is 23.1 Å². The van der Waals surface area contributed by atoms with E-state index in [1.165, 1.54) is 36.6 Å². The van der Waals surface area contributed by atoms with Crippen LogP contribution in [-0.4, -0.2) is 122 Å². The van der Waals surface area contributed by atoms with Gasteiger partial charge in [0.25, 0.3) is 5.79 Å². The molecule has 4 heterocycles. The molecule has 0 spiro atoms. The molecule has 9 unspecified atom stereocenters. The molecule has 1 aromatic heterocycles. The Morgan fingerprint density at radius 2 is 1.70 bits per heavy atom. The van der Waals surface area contributed by atoms with Gasteiger partial charge in [0.05, 0.1) is 10.9 Å². The van der Waals surface area contributed by atoms with E-state index in [2.05, 4.69) is 10.3 Å². The summed E-state index contributed by atoms with van der Waals surface area (Å²) < 4.78 is 23.8. The number of ether oxygens (including phenoxy) is 3. The van der Waals surface area contributed by atoms with Gasteiger partial charge in [-0.05, 0) is 81.1 Å². The van der Waals surface area contributed by atoms with E-state index >= 15 is 0 Å². The van der Waals surface area contributed by atoms with Crippen LogP contribution in [0.1, 0.15) is 55.2 Å². The van der Waals surface area contributed by atoms with Gasteiger partial charge in [-0.2, -0.15) is 9.90 Å². The molecule has 3 aliphatic heterocycles. The lowest BCUT2D eigenvalue weighted by Gasteiger charge is -2.46. The first-order valence-corrected chi connectivity index (χ1v) is 22.0. The van der Waals surface area contributed by atoms with Crippen LogP contribution >= 0.6 is 0 Å². The maximum Gasteiger partial charge on any atom is 0.324 e. The number of carboxylic acid groups (broad SMARTS) is 1. The number of nitrogens with zero attached hydrogens (tertiary/aromatic N) is 1. The number of aliphatic imine (C=N–C) groups is 1. The predicted molar refractivity (Wildman–Crippen MR) is 236 cm³/mol. The highest BCUT2D eigenvalue weighted by Gasteiger charge is 2.59. The van der Waals surface area contributed by atoms with Gasteiger partial charge in [0, 0.05) is 42.1 Å². The molecule has 1 saturated carbocycles. The number of nitrogens with one attached hydrogen (secondary N) is 2. The van der Waals surface area contributed by atoms with E-state index in [4.69, 9.17) is 23.5 Å². The van der Waals surface area contributed by atoms with Crippen LogP contribution in [0.2, 0.25) is 0 Å². The van der Waals surface area contributed by atoms with Crippen molar-refractivity contribution in [3.05, 3.63) is 111 Å². The van der Waals surface area contributed by atoms with Crippen molar-refractivity contribution >= 4 is 34.8 Å². The number of benzene rings is 3. The molecule has 0 amide bonds. The Morgan fingerprint density at radius 1 is 0.970 bits per heavy atom. The number of aliphatic hydroxyl groups is 5. The van der Waals surface area contributed by atoms with Crippen molar-refractivity contribution in [2.75, 3.05) is 19.8 Å².